The van der Waals surface area contributed by atoms with Crippen LogP contribution < -0.4 is 5.32 Å². The molecule has 0 fully saturated rings. The van der Waals surface area contributed by atoms with E-state index < -0.39 is 10.8 Å². The van der Waals surface area contributed by atoms with Crippen LogP contribution in [0.4, 0.5) is 0 Å². The molecule has 2 rings (SSSR count). The van der Waals surface area contributed by atoms with E-state index in [4.69, 9.17) is 0 Å². The Hall–Kier alpha value is -1.94. The van der Waals surface area contributed by atoms with Crippen molar-refractivity contribution < 1.29 is 9.00 Å². The number of carbonyl (C=O) groups is 1. The summed E-state index contributed by atoms with van der Waals surface area (Å²) in [6.45, 7) is 3.92. The van der Waals surface area contributed by atoms with Crippen molar-refractivity contribution in [1.29, 1.82) is 0 Å². The Bertz CT molecular complexity index is 655. The lowest BCUT2D eigenvalue weighted by Gasteiger charge is -2.14. The molecule has 1 N–H and O–H groups in total. The van der Waals surface area contributed by atoms with Gasteiger partial charge in [0, 0.05) is 16.6 Å². The van der Waals surface area contributed by atoms with E-state index >= 15 is 0 Å². The topological polar surface area (TPSA) is 46.2 Å². The van der Waals surface area contributed by atoms with Gasteiger partial charge in [-0.2, -0.15) is 0 Å². The molecule has 2 aromatic carbocycles. The molecule has 116 valence electrons. The Kier molecular flexibility index (Phi) is 5.90. The summed E-state index contributed by atoms with van der Waals surface area (Å²) in [4.78, 5) is 12.0. The van der Waals surface area contributed by atoms with Crippen molar-refractivity contribution in [3.8, 4) is 0 Å². The minimum atomic E-state index is -1.20. The van der Waals surface area contributed by atoms with Gasteiger partial charge < -0.3 is 5.32 Å². The van der Waals surface area contributed by atoms with Gasteiger partial charge in [-0.15, -0.1) is 0 Å². The second-order valence-electron chi connectivity index (χ2n) is 5.35. The van der Waals surface area contributed by atoms with E-state index in [1.165, 1.54) is 0 Å². The molecule has 0 aromatic heterocycles. The maximum absolute atomic E-state index is 12.1. The second kappa shape index (κ2) is 7.90. The standard InChI is InChI=1S/C18H21NO2S/c1-14-8-6-7-11-17(14)12-22(21)13-18(20)19-15(2)16-9-4-3-5-10-16/h3-11,15H,12-13H2,1-2H3,(H,19,20). The summed E-state index contributed by atoms with van der Waals surface area (Å²) in [5, 5.41) is 2.90. The molecule has 2 aromatic rings. The Labute approximate surface area is 134 Å². The van der Waals surface area contributed by atoms with E-state index in [0.29, 0.717) is 5.75 Å². The summed E-state index contributed by atoms with van der Waals surface area (Å²) >= 11 is 0. The molecular formula is C18H21NO2S. The minimum absolute atomic E-state index is 0.0332. The maximum Gasteiger partial charge on any atom is 0.233 e. The number of aryl methyl sites for hydroxylation is 1. The highest BCUT2D eigenvalue weighted by Gasteiger charge is 2.13. The van der Waals surface area contributed by atoms with E-state index in [2.05, 4.69) is 5.32 Å². The minimum Gasteiger partial charge on any atom is -0.349 e. The van der Waals surface area contributed by atoms with E-state index in [0.717, 1.165) is 16.7 Å². The molecule has 2 atom stereocenters. The average Bonchev–Trinajstić information content (AvgIpc) is 2.50. The molecular weight excluding hydrogens is 294 g/mol. The second-order valence-corrected chi connectivity index (χ2v) is 6.81. The zero-order valence-corrected chi connectivity index (χ0v) is 13.7. The molecule has 0 heterocycles. The third-order valence-electron chi connectivity index (χ3n) is 3.55. The predicted molar refractivity (Wildman–Crippen MR) is 90.9 cm³/mol. The van der Waals surface area contributed by atoms with E-state index in [1.54, 1.807) is 0 Å². The zero-order valence-electron chi connectivity index (χ0n) is 12.9. The van der Waals surface area contributed by atoms with Gasteiger partial charge in [0.15, 0.2) is 0 Å². The van der Waals surface area contributed by atoms with Crippen molar-refractivity contribution in [1.82, 2.24) is 5.32 Å². The number of benzene rings is 2. The number of hydrogen-bond acceptors (Lipinski definition) is 2. The van der Waals surface area contributed by atoms with Crippen LogP contribution >= 0.6 is 0 Å². The fourth-order valence-corrected chi connectivity index (χ4v) is 3.40. The van der Waals surface area contributed by atoms with Crippen molar-refractivity contribution in [3.05, 3.63) is 71.3 Å². The molecule has 2 unspecified atom stereocenters. The van der Waals surface area contributed by atoms with Gasteiger partial charge in [0.05, 0.1) is 6.04 Å². The molecule has 0 saturated heterocycles. The van der Waals surface area contributed by atoms with Crippen molar-refractivity contribution in [2.24, 2.45) is 0 Å². The zero-order chi connectivity index (χ0) is 15.9. The molecule has 22 heavy (non-hydrogen) atoms. The van der Waals surface area contributed by atoms with E-state index in [1.807, 2.05) is 68.4 Å². The van der Waals surface area contributed by atoms with Gasteiger partial charge in [-0.1, -0.05) is 54.6 Å². The Morgan fingerprint density at radius 3 is 2.41 bits per heavy atom. The number of hydrogen-bond donors (Lipinski definition) is 1. The van der Waals surface area contributed by atoms with Crippen molar-refractivity contribution >= 4 is 16.7 Å². The first kappa shape index (κ1) is 16.4. The van der Waals surface area contributed by atoms with Gasteiger partial charge in [0.2, 0.25) is 5.91 Å². The third kappa shape index (κ3) is 4.81. The monoisotopic (exact) mass is 315 g/mol. The van der Waals surface area contributed by atoms with Crippen LogP contribution in [-0.2, 0) is 21.3 Å². The fraction of sp³-hybridized carbons (Fsp3) is 0.278. The summed E-state index contributed by atoms with van der Waals surface area (Å²) in [6.07, 6.45) is 0. The van der Waals surface area contributed by atoms with Crippen LogP contribution in [0.2, 0.25) is 0 Å². The molecule has 0 aliphatic heterocycles. The van der Waals surface area contributed by atoms with Crippen LogP contribution in [0.3, 0.4) is 0 Å². The van der Waals surface area contributed by atoms with E-state index in [9.17, 15) is 9.00 Å². The summed E-state index contributed by atoms with van der Waals surface area (Å²) in [7, 11) is -1.20. The van der Waals surface area contributed by atoms with Crippen molar-refractivity contribution in [3.63, 3.8) is 0 Å². The van der Waals surface area contributed by atoms with Gasteiger partial charge in [-0.05, 0) is 30.5 Å². The first-order chi connectivity index (χ1) is 10.6. The van der Waals surface area contributed by atoms with Crippen LogP contribution in [0.5, 0.6) is 0 Å². The fourth-order valence-electron chi connectivity index (χ4n) is 2.25. The van der Waals surface area contributed by atoms with Crippen LogP contribution in [-0.4, -0.2) is 15.9 Å². The maximum atomic E-state index is 12.1. The summed E-state index contributed by atoms with van der Waals surface area (Å²) in [6, 6.07) is 17.5. The van der Waals surface area contributed by atoms with Crippen molar-refractivity contribution in [2.45, 2.75) is 25.6 Å². The quantitative estimate of drug-likeness (QED) is 0.890. The molecule has 4 heteroatoms. The highest BCUT2D eigenvalue weighted by molar-refractivity contribution is 7.84. The SMILES string of the molecule is Cc1ccccc1CS(=O)CC(=O)NC(C)c1ccccc1. The molecule has 0 aliphatic rings. The molecule has 0 spiro atoms. The van der Waals surface area contributed by atoms with Crippen LogP contribution in [0, 0.1) is 6.92 Å². The number of amides is 1. The number of rotatable bonds is 6. The third-order valence-corrected chi connectivity index (χ3v) is 4.76. The van der Waals surface area contributed by atoms with Gasteiger partial charge in [-0.25, -0.2) is 0 Å². The Balaban J connectivity index is 1.87. The van der Waals surface area contributed by atoms with Crippen LogP contribution in [0.1, 0.15) is 29.7 Å². The van der Waals surface area contributed by atoms with Gasteiger partial charge in [0.25, 0.3) is 0 Å². The first-order valence-electron chi connectivity index (χ1n) is 7.30. The van der Waals surface area contributed by atoms with Gasteiger partial charge in [-0.3, -0.25) is 9.00 Å². The highest BCUT2D eigenvalue weighted by atomic mass is 32.2. The smallest absolute Gasteiger partial charge is 0.233 e. The number of nitrogens with one attached hydrogen (secondary N) is 1. The normalized spacial score (nSPS) is 13.4. The van der Waals surface area contributed by atoms with Crippen LogP contribution in [0.25, 0.3) is 0 Å². The molecule has 0 bridgehead atoms. The molecule has 0 saturated carbocycles. The van der Waals surface area contributed by atoms with Gasteiger partial charge >= 0.3 is 0 Å². The summed E-state index contributed by atoms with van der Waals surface area (Å²) in [5.74, 6) is 0.272. The lowest BCUT2D eigenvalue weighted by Crippen LogP contribution is -2.31. The molecule has 3 nitrogen and oxygen atoms in total. The Morgan fingerprint density at radius 2 is 1.73 bits per heavy atom. The Morgan fingerprint density at radius 1 is 1.09 bits per heavy atom. The predicted octanol–water partition coefficient (Wildman–Crippen LogP) is 3.12. The average molecular weight is 315 g/mol. The molecule has 0 aliphatic carbocycles. The summed E-state index contributed by atoms with van der Waals surface area (Å²) < 4.78 is 12.1. The first-order valence-corrected chi connectivity index (χ1v) is 8.79. The van der Waals surface area contributed by atoms with Crippen molar-refractivity contribution in [2.75, 3.05) is 5.75 Å². The van der Waals surface area contributed by atoms with Gasteiger partial charge in [0.1, 0.15) is 5.75 Å². The summed E-state index contributed by atoms with van der Waals surface area (Å²) in [5.41, 5.74) is 3.18. The highest BCUT2D eigenvalue weighted by Crippen LogP contribution is 2.12. The number of carbonyl (C=O) groups excluding carboxylic acids is 1. The molecule has 0 radical (unpaired) electrons. The van der Waals surface area contributed by atoms with E-state index in [-0.39, 0.29) is 17.7 Å². The molecule has 1 amide bonds. The lowest BCUT2D eigenvalue weighted by molar-refractivity contribution is -0.119. The largest absolute Gasteiger partial charge is 0.349 e. The lowest BCUT2D eigenvalue weighted by atomic mass is 10.1. The van der Waals surface area contributed by atoms with Crippen LogP contribution in [0.15, 0.2) is 54.6 Å².